The van der Waals surface area contributed by atoms with Crippen molar-refractivity contribution < 1.29 is 19.2 Å². The topological polar surface area (TPSA) is 91.0 Å². The molecular weight excluding hydrogens is 392 g/mol. The third kappa shape index (κ3) is 3.58. The van der Waals surface area contributed by atoms with E-state index < -0.39 is 10.9 Å². The van der Waals surface area contributed by atoms with Crippen LogP contribution in [0, 0.1) is 10.1 Å². The molecule has 8 heteroatoms. The fourth-order valence-electron chi connectivity index (χ4n) is 2.22. The smallest absolute Gasteiger partial charge is 0.363 e. The summed E-state index contributed by atoms with van der Waals surface area (Å²) < 4.78 is 11.0. The van der Waals surface area contributed by atoms with Crippen LogP contribution in [0.15, 0.2) is 57.6 Å². The SMILES string of the molecule is COc1ccc(/C=C2\N=C(c3ccc(Br)cc3)OC2=O)cc1[N+](=O)[O-]. The van der Waals surface area contributed by atoms with Crippen molar-refractivity contribution in [1.29, 1.82) is 0 Å². The second-order valence-corrected chi connectivity index (χ2v) is 5.95. The summed E-state index contributed by atoms with van der Waals surface area (Å²) in [7, 11) is 1.35. The Morgan fingerprint density at radius 3 is 2.60 bits per heavy atom. The average Bonchev–Trinajstić information content (AvgIpc) is 2.96. The van der Waals surface area contributed by atoms with Crippen LogP contribution >= 0.6 is 15.9 Å². The molecule has 0 amide bonds. The highest BCUT2D eigenvalue weighted by molar-refractivity contribution is 9.10. The lowest BCUT2D eigenvalue weighted by molar-refractivity contribution is -0.385. The van der Waals surface area contributed by atoms with Gasteiger partial charge >= 0.3 is 11.7 Å². The first-order chi connectivity index (χ1) is 12.0. The Labute approximate surface area is 150 Å². The Morgan fingerprint density at radius 1 is 1.24 bits per heavy atom. The van der Waals surface area contributed by atoms with E-state index in [-0.39, 0.29) is 23.0 Å². The number of nitro benzene ring substituents is 1. The fourth-order valence-corrected chi connectivity index (χ4v) is 2.49. The van der Waals surface area contributed by atoms with Gasteiger partial charge in [-0.1, -0.05) is 22.0 Å². The lowest BCUT2D eigenvalue weighted by atomic mass is 10.1. The minimum Gasteiger partial charge on any atom is -0.490 e. The summed E-state index contributed by atoms with van der Waals surface area (Å²) in [6.07, 6.45) is 1.43. The maximum atomic E-state index is 12.0. The molecule has 126 valence electrons. The number of nitrogens with zero attached hydrogens (tertiary/aromatic N) is 2. The van der Waals surface area contributed by atoms with Crippen molar-refractivity contribution in [2.45, 2.75) is 0 Å². The Bertz CT molecular complexity index is 919. The highest BCUT2D eigenvalue weighted by Gasteiger charge is 2.24. The van der Waals surface area contributed by atoms with Gasteiger partial charge in [0.15, 0.2) is 11.4 Å². The number of nitro groups is 1. The van der Waals surface area contributed by atoms with E-state index in [1.807, 2.05) is 0 Å². The summed E-state index contributed by atoms with van der Waals surface area (Å²) in [5.74, 6) is -0.289. The van der Waals surface area contributed by atoms with E-state index >= 15 is 0 Å². The van der Waals surface area contributed by atoms with E-state index in [4.69, 9.17) is 9.47 Å². The highest BCUT2D eigenvalue weighted by Crippen LogP contribution is 2.29. The van der Waals surface area contributed by atoms with Gasteiger partial charge in [0, 0.05) is 16.1 Å². The maximum Gasteiger partial charge on any atom is 0.363 e. The van der Waals surface area contributed by atoms with Crippen LogP contribution in [0.25, 0.3) is 6.08 Å². The van der Waals surface area contributed by atoms with Gasteiger partial charge < -0.3 is 9.47 Å². The Kier molecular flexibility index (Phi) is 4.62. The molecule has 1 aliphatic rings. The number of cyclic esters (lactones) is 1. The minimum absolute atomic E-state index is 0.0670. The number of hydrogen-bond acceptors (Lipinski definition) is 6. The standard InChI is InChI=1S/C17H11BrN2O5/c1-24-15-7-2-10(9-14(15)20(22)23)8-13-17(21)25-16(19-13)11-3-5-12(18)6-4-11/h2-9H,1H3/b13-8-. The molecule has 0 unspecified atom stereocenters. The summed E-state index contributed by atoms with van der Waals surface area (Å²) >= 11 is 3.33. The molecule has 0 spiro atoms. The molecule has 0 bridgehead atoms. The van der Waals surface area contributed by atoms with E-state index in [2.05, 4.69) is 20.9 Å². The zero-order valence-electron chi connectivity index (χ0n) is 12.9. The van der Waals surface area contributed by atoms with Crippen molar-refractivity contribution in [3.05, 3.63) is 73.9 Å². The molecule has 2 aromatic rings. The van der Waals surface area contributed by atoms with E-state index in [1.165, 1.54) is 25.3 Å². The van der Waals surface area contributed by atoms with Gasteiger partial charge in [0.2, 0.25) is 5.90 Å². The monoisotopic (exact) mass is 402 g/mol. The maximum absolute atomic E-state index is 12.0. The van der Waals surface area contributed by atoms with Gasteiger partial charge in [0.1, 0.15) is 0 Å². The lowest BCUT2D eigenvalue weighted by Crippen LogP contribution is -2.05. The van der Waals surface area contributed by atoms with Gasteiger partial charge in [0.05, 0.1) is 12.0 Å². The Hall–Kier alpha value is -3.00. The number of hydrogen-bond donors (Lipinski definition) is 0. The number of rotatable bonds is 4. The van der Waals surface area contributed by atoms with Crippen LogP contribution in [0.3, 0.4) is 0 Å². The van der Waals surface area contributed by atoms with Crippen molar-refractivity contribution in [2.75, 3.05) is 7.11 Å². The lowest BCUT2D eigenvalue weighted by Gasteiger charge is -2.02. The predicted molar refractivity (Wildman–Crippen MR) is 94.4 cm³/mol. The van der Waals surface area contributed by atoms with Crippen LogP contribution in [-0.4, -0.2) is 23.9 Å². The fraction of sp³-hybridized carbons (Fsp3) is 0.0588. The number of aliphatic imine (C=N–C) groups is 1. The molecule has 0 N–H and O–H groups in total. The van der Waals surface area contributed by atoms with Gasteiger partial charge in [0.25, 0.3) is 0 Å². The Morgan fingerprint density at radius 2 is 1.96 bits per heavy atom. The van der Waals surface area contributed by atoms with Crippen molar-refractivity contribution in [1.82, 2.24) is 0 Å². The van der Waals surface area contributed by atoms with Crippen LogP contribution in [0.4, 0.5) is 5.69 Å². The molecule has 3 rings (SSSR count). The third-order valence-electron chi connectivity index (χ3n) is 3.41. The predicted octanol–water partition coefficient (Wildman–Crippen LogP) is 3.71. The van der Waals surface area contributed by atoms with Crippen molar-refractivity contribution in [3.8, 4) is 5.75 Å². The van der Waals surface area contributed by atoms with Gasteiger partial charge in [-0.25, -0.2) is 9.79 Å². The normalized spacial score (nSPS) is 15.0. The number of carbonyl (C=O) groups is 1. The minimum atomic E-state index is -0.614. The number of esters is 1. The summed E-state index contributed by atoms with van der Waals surface area (Å²) in [6, 6.07) is 11.5. The molecule has 0 fully saturated rings. The highest BCUT2D eigenvalue weighted by atomic mass is 79.9. The van der Waals surface area contributed by atoms with Crippen LogP contribution in [0.5, 0.6) is 5.75 Å². The molecule has 0 aromatic heterocycles. The van der Waals surface area contributed by atoms with E-state index in [0.29, 0.717) is 11.1 Å². The summed E-state index contributed by atoms with van der Waals surface area (Å²) in [4.78, 5) is 26.7. The van der Waals surface area contributed by atoms with Crippen molar-refractivity contribution >= 4 is 39.6 Å². The largest absolute Gasteiger partial charge is 0.490 e. The van der Waals surface area contributed by atoms with E-state index in [0.717, 1.165) is 4.47 Å². The van der Waals surface area contributed by atoms with Gasteiger partial charge in [-0.15, -0.1) is 0 Å². The quantitative estimate of drug-likeness (QED) is 0.336. The molecule has 0 atom stereocenters. The Balaban J connectivity index is 1.95. The summed E-state index contributed by atoms with van der Waals surface area (Å²) in [5, 5.41) is 11.1. The zero-order valence-corrected chi connectivity index (χ0v) is 14.5. The second kappa shape index (κ2) is 6.86. The number of carbonyl (C=O) groups excluding carboxylic acids is 1. The van der Waals surface area contributed by atoms with Crippen LogP contribution < -0.4 is 4.74 Å². The van der Waals surface area contributed by atoms with Crippen LogP contribution in [-0.2, 0) is 9.53 Å². The van der Waals surface area contributed by atoms with E-state index in [9.17, 15) is 14.9 Å². The molecule has 7 nitrogen and oxygen atoms in total. The second-order valence-electron chi connectivity index (χ2n) is 5.03. The number of methoxy groups -OCH3 is 1. The van der Waals surface area contributed by atoms with Gasteiger partial charge in [-0.2, -0.15) is 0 Å². The number of benzene rings is 2. The molecule has 0 saturated heterocycles. The summed E-state index contributed by atoms with van der Waals surface area (Å²) in [5.41, 5.74) is 0.971. The first kappa shape index (κ1) is 16.8. The van der Waals surface area contributed by atoms with Crippen molar-refractivity contribution in [3.63, 3.8) is 0 Å². The number of halogens is 1. The molecule has 1 heterocycles. The molecule has 0 aliphatic carbocycles. The molecule has 1 aliphatic heterocycles. The molecule has 2 aromatic carbocycles. The van der Waals surface area contributed by atoms with Crippen LogP contribution in [0.1, 0.15) is 11.1 Å². The zero-order chi connectivity index (χ0) is 18.0. The summed E-state index contributed by atoms with van der Waals surface area (Å²) in [6.45, 7) is 0. The molecule has 0 radical (unpaired) electrons. The first-order valence-corrected chi connectivity index (χ1v) is 7.88. The number of ether oxygens (including phenoxy) is 2. The average molecular weight is 403 g/mol. The van der Waals surface area contributed by atoms with Gasteiger partial charge in [-0.05, 0) is 42.0 Å². The van der Waals surface area contributed by atoms with E-state index in [1.54, 1.807) is 30.3 Å². The molecule has 25 heavy (non-hydrogen) atoms. The molecule has 0 saturated carbocycles. The van der Waals surface area contributed by atoms with Crippen molar-refractivity contribution in [2.24, 2.45) is 4.99 Å². The van der Waals surface area contributed by atoms with Crippen LogP contribution in [0.2, 0.25) is 0 Å². The third-order valence-corrected chi connectivity index (χ3v) is 3.94. The first-order valence-electron chi connectivity index (χ1n) is 7.09. The van der Waals surface area contributed by atoms with Gasteiger partial charge in [-0.3, -0.25) is 10.1 Å². The molecular formula is C17H11BrN2O5.